The van der Waals surface area contributed by atoms with Crippen LogP contribution in [0.1, 0.15) is 0 Å². The minimum Gasteiger partial charge on any atom is -0.455 e. The van der Waals surface area contributed by atoms with E-state index in [2.05, 4.69) is 26.2 Å². The lowest BCUT2D eigenvalue weighted by molar-refractivity contribution is 0.539. The fourth-order valence-corrected chi connectivity index (χ4v) is 23.1. The van der Waals surface area contributed by atoms with Crippen LogP contribution in [0.3, 0.4) is 0 Å². The molecule has 0 amide bonds. The van der Waals surface area contributed by atoms with Crippen molar-refractivity contribution >= 4 is 52.1 Å². The summed E-state index contributed by atoms with van der Waals surface area (Å²) in [5.41, 5.74) is 0. The second-order valence-corrected chi connectivity index (χ2v) is 26.2. The van der Waals surface area contributed by atoms with Gasteiger partial charge in [-0.1, -0.05) is 121 Å². The van der Waals surface area contributed by atoms with Gasteiger partial charge in [-0.05, 0) is 38.3 Å². The summed E-state index contributed by atoms with van der Waals surface area (Å²) in [5.74, 6) is 0. The van der Waals surface area contributed by atoms with E-state index < -0.39 is 30.9 Å². The standard InChI is InChI=1S/C32H40O3P2Si2/c1-38(2,27-25-36(33,29-17-9-5-10-18-29)30-19-11-6-12-20-30)35-39(3,4)28-26-37(34,31-21-13-7-14-22-31)32-23-15-8-16-24-32/h5-24H,25-28H2,1-4H3. The Morgan fingerprint density at radius 1 is 0.462 bits per heavy atom. The van der Waals surface area contributed by atoms with Gasteiger partial charge in [-0.3, -0.25) is 0 Å². The summed E-state index contributed by atoms with van der Waals surface area (Å²) in [4.78, 5) is 0. The monoisotopic (exact) mass is 590 g/mol. The molecule has 0 aliphatic heterocycles. The summed E-state index contributed by atoms with van der Waals surface area (Å²) in [6.07, 6.45) is 1.19. The molecule has 0 aliphatic rings. The molecule has 3 nitrogen and oxygen atoms in total. The topological polar surface area (TPSA) is 43.4 Å². The first-order chi connectivity index (χ1) is 18.5. The minimum absolute atomic E-state index is 0.594. The van der Waals surface area contributed by atoms with Crippen LogP contribution in [0.25, 0.3) is 0 Å². The molecule has 0 bridgehead atoms. The second-order valence-electron chi connectivity index (χ2n) is 11.4. The van der Waals surface area contributed by atoms with Crippen LogP contribution < -0.4 is 21.2 Å². The summed E-state index contributed by atoms with van der Waals surface area (Å²) < 4.78 is 36.1. The Kier molecular flexibility index (Phi) is 9.52. The third-order valence-electron chi connectivity index (χ3n) is 7.30. The van der Waals surface area contributed by atoms with Crippen molar-refractivity contribution in [1.82, 2.24) is 0 Å². The summed E-state index contributed by atoms with van der Waals surface area (Å²) in [5, 5.41) is 3.63. The summed E-state index contributed by atoms with van der Waals surface area (Å²) >= 11 is 0. The Balaban J connectivity index is 1.50. The summed E-state index contributed by atoms with van der Waals surface area (Å²) in [7, 11) is -9.90. The average molecular weight is 591 g/mol. The van der Waals surface area contributed by atoms with E-state index in [0.29, 0.717) is 12.3 Å². The van der Waals surface area contributed by atoms with Gasteiger partial charge in [0.25, 0.3) is 0 Å². The fourth-order valence-electron chi connectivity index (χ4n) is 5.19. The Bertz CT molecular complexity index is 1230. The molecule has 0 N–H and O–H groups in total. The van der Waals surface area contributed by atoms with E-state index in [0.717, 1.165) is 33.3 Å². The molecule has 0 saturated heterocycles. The molecule has 0 heterocycles. The quantitative estimate of drug-likeness (QED) is 0.127. The van der Waals surface area contributed by atoms with Crippen LogP contribution in [0, 0.1) is 0 Å². The van der Waals surface area contributed by atoms with Crippen LogP contribution in [0.5, 0.6) is 0 Å². The highest BCUT2D eigenvalue weighted by molar-refractivity contribution is 7.79. The first-order valence-electron chi connectivity index (χ1n) is 13.7. The van der Waals surface area contributed by atoms with E-state index in [1.807, 2.05) is 121 Å². The van der Waals surface area contributed by atoms with Gasteiger partial charge in [0.1, 0.15) is 14.3 Å². The number of hydrogen-bond acceptors (Lipinski definition) is 3. The molecule has 0 spiro atoms. The van der Waals surface area contributed by atoms with Crippen molar-refractivity contribution in [3.05, 3.63) is 121 Å². The molecule has 0 aromatic heterocycles. The van der Waals surface area contributed by atoms with Crippen LogP contribution in [-0.4, -0.2) is 29.0 Å². The third kappa shape index (κ3) is 7.48. The lowest BCUT2D eigenvalue weighted by atomic mass is 10.4. The zero-order chi connectivity index (χ0) is 28.0. The molecule has 0 aliphatic carbocycles. The predicted octanol–water partition coefficient (Wildman–Crippen LogP) is 7.44. The van der Waals surface area contributed by atoms with Crippen molar-refractivity contribution < 1.29 is 13.2 Å². The Morgan fingerprint density at radius 2 is 0.692 bits per heavy atom. The smallest absolute Gasteiger partial charge is 0.173 e. The molecule has 0 unspecified atom stereocenters. The van der Waals surface area contributed by atoms with E-state index in [4.69, 9.17) is 4.12 Å². The van der Waals surface area contributed by atoms with E-state index >= 15 is 0 Å². The van der Waals surface area contributed by atoms with E-state index in [9.17, 15) is 9.13 Å². The van der Waals surface area contributed by atoms with Gasteiger partial charge in [-0.15, -0.1) is 0 Å². The lowest BCUT2D eigenvalue weighted by Gasteiger charge is -2.36. The van der Waals surface area contributed by atoms with Crippen molar-refractivity contribution in [2.45, 2.75) is 38.3 Å². The van der Waals surface area contributed by atoms with Gasteiger partial charge >= 0.3 is 0 Å². The van der Waals surface area contributed by atoms with Gasteiger partial charge in [-0.25, -0.2) is 0 Å². The maximum Gasteiger partial charge on any atom is 0.173 e. The summed E-state index contributed by atoms with van der Waals surface area (Å²) in [6.45, 7) is 8.98. The lowest BCUT2D eigenvalue weighted by Crippen LogP contribution is -2.45. The van der Waals surface area contributed by atoms with Crippen LogP contribution in [0.4, 0.5) is 0 Å². The Morgan fingerprint density at radius 3 is 0.923 bits per heavy atom. The molecular formula is C32H40O3P2Si2. The van der Waals surface area contributed by atoms with Crippen molar-refractivity contribution in [2.75, 3.05) is 12.3 Å². The van der Waals surface area contributed by atoms with Crippen LogP contribution >= 0.6 is 14.3 Å². The SMILES string of the molecule is C[Si](C)(CCP(=O)(c1ccccc1)c1ccccc1)O[Si](C)(C)CCP(=O)(c1ccccc1)c1ccccc1. The van der Waals surface area contributed by atoms with Crippen molar-refractivity contribution in [2.24, 2.45) is 0 Å². The molecule has 4 rings (SSSR count). The number of benzene rings is 4. The number of rotatable bonds is 12. The maximum atomic E-state index is 14.5. The van der Waals surface area contributed by atoms with Gasteiger partial charge in [0.2, 0.25) is 0 Å². The molecular weight excluding hydrogens is 550 g/mol. The molecule has 39 heavy (non-hydrogen) atoms. The van der Waals surface area contributed by atoms with E-state index in [1.165, 1.54) is 0 Å². The largest absolute Gasteiger partial charge is 0.455 e. The van der Waals surface area contributed by atoms with Crippen molar-refractivity contribution in [1.29, 1.82) is 0 Å². The normalized spacial score (nSPS) is 12.8. The molecule has 4 aromatic carbocycles. The molecule has 4 aromatic rings. The Labute approximate surface area is 236 Å². The predicted molar refractivity (Wildman–Crippen MR) is 175 cm³/mol. The van der Waals surface area contributed by atoms with Gasteiger partial charge in [0.15, 0.2) is 16.6 Å². The highest BCUT2D eigenvalue weighted by Gasteiger charge is 2.38. The first kappa shape index (κ1) is 29.7. The zero-order valence-corrected chi connectivity index (χ0v) is 27.3. The first-order valence-corrected chi connectivity index (χ1v) is 23.7. The van der Waals surface area contributed by atoms with Gasteiger partial charge < -0.3 is 13.2 Å². The Hall–Kier alpha value is -2.27. The molecule has 0 radical (unpaired) electrons. The van der Waals surface area contributed by atoms with Gasteiger partial charge in [0, 0.05) is 33.5 Å². The fraction of sp³-hybridized carbons (Fsp3) is 0.250. The third-order valence-corrected chi connectivity index (χ3v) is 21.7. The molecule has 0 saturated carbocycles. The molecule has 7 heteroatoms. The van der Waals surface area contributed by atoms with Crippen molar-refractivity contribution in [3.63, 3.8) is 0 Å². The maximum absolute atomic E-state index is 14.5. The highest BCUT2D eigenvalue weighted by Crippen LogP contribution is 2.47. The highest BCUT2D eigenvalue weighted by atomic mass is 31.2. The summed E-state index contributed by atoms with van der Waals surface area (Å²) in [6, 6.07) is 41.2. The van der Waals surface area contributed by atoms with Gasteiger partial charge in [0.05, 0.1) is 0 Å². The van der Waals surface area contributed by atoms with Crippen LogP contribution in [0.15, 0.2) is 121 Å². The van der Waals surface area contributed by atoms with Crippen LogP contribution in [-0.2, 0) is 13.2 Å². The average Bonchev–Trinajstić information content (AvgIpc) is 2.96. The molecule has 204 valence electrons. The van der Waals surface area contributed by atoms with E-state index in [-0.39, 0.29) is 0 Å². The van der Waals surface area contributed by atoms with E-state index in [1.54, 1.807) is 0 Å². The number of hydrogen-bond donors (Lipinski definition) is 0. The molecule has 0 atom stereocenters. The van der Waals surface area contributed by atoms with Crippen molar-refractivity contribution in [3.8, 4) is 0 Å². The van der Waals surface area contributed by atoms with Gasteiger partial charge in [-0.2, -0.15) is 0 Å². The van der Waals surface area contributed by atoms with Crippen LogP contribution in [0.2, 0.25) is 38.3 Å². The second kappa shape index (κ2) is 12.5. The zero-order valence-electron chi connectivity index (χ0n) is 23.5. The minimum atomic E-state index is -2.78. The molecule has 0 fully saturated rings.